The minimum absolute atomic E-state index is 0.422. The van der Waals surface area contributed by atoms with E-state index in [0.29, 0.717) is 5.56 Å². The highest BCUT2D eigenvalue weighted by Gasteiger charge is 2.17. The zero-order chi connectivity index (χ0) is 21.6. The summed E-state index contributed by atoms with van der Waals surface area (Å²) in [6.45, 7) is 3.82. The number of nitrogens with zero attached hydrogens (tertiary/aromatic N) is 1. The molecule has 3 aromatic carbocycles. The summed E-state index contributed by atoms with van der Waals surface area (Å²) in [5.41, 5.74) is 8.87. The zero-order valence-corrected chi connectivity index (χ0v) is 16.3. The highest BCUT2D eigenvalue weighted by Crippen LogP contribution is 2.28. The third-order valence-corrected chi connectivity index (χ3v) is 5.39. The van der Waals surface area contributed by atoms with Gasteiger partial charge in [0.2, 0.25) is 11.2 Å². The molecule has 0 N–H and O–H groups in total. The lowest BCUT2D eigenvalue weighted by Crippen LogP contribution is -2.32. The summed E-state index contributed by atoms with van der Waals surface area (Å²) in [4.78, 5) is 0. The Labute approximate surface area is 166 Å². The van der Waals surface area contributed by atoms with Gasteiger partial charge in [-0.25, -0.2) is 0 Å². The molecule has 0 bridgehead atoms. The molecule has 1 nitrogen and oxygen atoms in total. The van der Waals surface area contributed by atoms with Gasteiger partial charge in [0.05, 0.1) is 0 Å². The van der Waals surface area contributed by atoms with Crippen LogP contribution in [0.2, 0.25) is 0 Å². The van der Waals surface area contributed by atoms with E-state index < -0.39 is 6.85 Å². The van der Waals surface area contributed by atoms with E-state index in [9.17, 15) is 0 Å². The topological polar surface area (TPSA) is 3.88 Å². The number of fused-ring (bicyclic) bond motifs is 1. The average molecular weight is 356 g/mol. The first-order valence-corrected chi connectivity index (χ1v) is 9.27. The second kappa shape index (κ2) is 6.66. The van der Waals surface area contributed by atoms with E-state index in [1.807, 2.05) is 20.9 Å². The summed E-state index contributed by atoms with van der Waals surface area (Å²) in [5.74, 6) is 0. The smallest absolute Gasteiger partial charge is 0.194 e. The molecule has 27 heavy (non-hydrogen) atoms. The van der Waals surface area contributed by atoms with Crippen LogP contribution in [0.5, 0.6) is 0 Å². The Morgan fingerprint density at radius 3 is 2.19 bits per heavy atom. The van der Waals surface area contributed by atoms with Gasteiger partial charge >= 0.3 is 0 Å². The molecule has 4 aromatic rings. The molecule has 1 aromatic heterocycles. The number of aryl methyl sites for hydroxylation is 4. The number of benzene rings is 3. The third kappa shape index (κ3) is 3.14. The summed E-state index contributed by atoms with van der Waals surface area (Å²) in [6.07, 6.45) is 0. The van der Waals surface area contributed by atoms with E-state index in [4.69, 9.17) is 4.11 Å². The van der Waals surface area contributed by atoms with Crippen LogP contribution < -0.4 is 4.57 Å². The first kappa shape index (κ1) is 14.2. The highest BCUT2D eigenvalue weighted by atomic mass is 14.9. The van der Waals surface area contributed by atoms with E-state index in [1.165, 1.54) is 16.7 Å². The van der Waals surface area contributed by atoms with Crippen LogP contribution in [0.3, 0.4) is 0 Å². The average Bonchev–Trinajstić information content (AvgIpc) is 2.70. The molecule has 134 valence electrons. The fourth-order valence-electron chi connectivity index (χ4n) is 3.71. The van der Waals surface area contributed by atoms with E-state index >= 15 is 0 Å². The van der Waals surface area contributed by atoms with Crippen molar-refractivity contribution in [2.75, 3.05) is 0 Å². The zero-order valence-electron chi connectivity index (χ0n) is 19.3. The molecule has 1 heterocycles. The first-order chi connectivity index (χ1) is 14.1. The lowest BCUT2D eigenvalue weighted by molar-refractivity contribution is -0.633. The second-order valence-corrected chi connectivity index (χ2v) is 7.40. The van der Waals surface area contributed by atoms with Gasteiger partial charge < -0.3 is 0 Å². The van der Waals surface area contributed by atoms with Gasteiger partial charge in [0.1, 0.15) is 7.05 Å². The molecule has 0 saturated heterocycles. The van der Waals surface area contributed by atoms with Gasteiger partial charge in [0, 0.05) is 27.2 Å². The molecule has 0 aliphatic carbocycles. The molecule has 0 spiro atoms. The normalized spacial score (nSPS) is 13.3. The minimum atomic E-state index is -2.13. The van der Waals surface area contributed by atoms with Crippen molar-refractivity contribution in [3.8, 4) is 22.4 Å². The summed E-state index contributed by atoms with van der Waals surface area (Å²) < 4.78 is 25.9. The van der Waals surface area contributed by atoms with Gasteiger partial charge in [-0.1, -0.05) is 47.5 Å². The lowest BCUT2D eigenvalue weighted by atomic mass is 9.96. The van der Waals surface area contributed by atoms with E-state index in [2.05, 4.69) is 72.2 Å². The SMILES string of the molecule is [2H]C([2H])([2H])c1cc(C)cc(-c2ccc3ccc(-c4ccc(C)cc4)cc3[n+]2C)c1C. The Morgan fingerprint density at radius 2 is 1.44 bits per heavy atom. The van der Waals surface area contributed by atoms with Crippen LogP contribution in [0.4, 0.5) is 0 Å². The van der Waals surface area contributed by atoms with Crippen molar-refractivity contribution in [1.29, 1.82) is 0 Å². The number of pyridine rings is 1. The van der Waals surface area contributed by atoms with Crippen molar-refractivity contribution in [2.45, 2.75) is 27.6 Å². The van der Waals surface area contributed by atoms with Gasteiger partial charge in [-0.15, -0.1) is 0 Å². The third-order valence-electron chi connectivity index (χ3n) is 5.39. The van der Waals surface area contributed by atoms with Crippen LogP contribution in [0.15, 0.2) is 66.7 Å². The predicted octanol–water partition coefficient (Wildman–Crippen LogP) is 6.23. The van der Waals surface area contributed by atoms with Gasteiger partial charge in [-0.05, 0) is 68.1 Å². The summed E-state index contributed by atoms with van der Waals surface area (Å²) in [6, 6.07) is 23.1. The minimum Gasteiger partial charge on any atom is -0.194 e. The van der Waals surface area contributed by atoms with E-state index in [-0.39, 0.29) is 0 Å². The Hall–Kier alpha value is -2.93. The molecule has 0 saturated carbocycles. The Kier molecular flexibility index (Phi) is 3.50. The van der Waals surface area contributed by atoms with Crippen LogP contribution in [0.25, 0.3) is 33.3 Å². The maximum absolute atomic E-state index is 7.92. The maximum Gasteiger partial charge on any atom is 0.213 e. The molecular formula is C26H26N+. The number of rotatable bonds is 2. The van der Waals surface area contributed by atoms with E-state index in [1.54, 1.807) is 6.07 Å². The first-order valence-electron chi connectivity index (χ1n) is 10.8. The number of aromatic nitrogens is 1. The van der Waals surface area contributed by atoms with Crippen molar-refractivity contribution < 1.29 is 8.68 Å². The summed E-state index contributed by atoms with van der Waals surface area (Å²) >= 11 is 0. The van der Waals surface area contributed by atoms with Crippen LogP contribution >= 0.6 is 0 Å². The van der Waals surface area contributed by atoms with Crippen LogP contribution in [-0.4, -0.2) is 0 Å². The Balaban J connectivity index is 1.92. The molecule has 0 atom stereocenters. The van der Waals surface area contributed by atoms with E-state index in [0.717, 1.165) is 33.3 Å². The fraction of sp³-hybridized carbons (Fsp3) is 0.192. The highest BCUT2D eigenvalue weighted by molar-refractivity contribution is 5.83. The van der Waals surface area contributed by atoms with Crippen molar-refractivity contribution in [3.63, 3.8) is 0 Å². The fourth-order valence-corrected chi connectivity index (χ4v) is 3.71. The van der Waals surface area contributed by atoms with Crippen LogP contribution in [0, 0.1) is 27.6 Å². The predicted molar refractivity (Wildman–Crippen MR) is 115 cm³/mol. The monoisotopic (exact) mass is 355 g/mol. The van der Waals surface area contributed by atoms with Crippen molar-refractivity contribution >= 4 is 10.9 Å². The summed E-state index contributed by atoms with van der Waals surface area (Å²) in [7, 11) is 2.05. The molecule has 4 rings (SSSR count). The largest absolute Gasteiger partial charge is 0.213 e. The second-order valence-electron chi connectivity index (χ2n) is 7.40. The van der Waals surface area contributed by atoms with Crippen molar-refractivity contribution in [2.24, 2.45) is 7.05 Å². The Morgan fingerprint density at radius 1 is 0.741 bits per heavy atom. The quantitative estimate of drug-likeness (QED) is 0.375. The van der Waals surface area contributed by atoms with Gasteiger partial charge in [0.15, 0.2) is 0 Å². The van der Waals surface area contributed by atoms with Crippen LogP contribution in [-0.2, 0) is 7.05 Å². The van der Waals surface area contributed by atoms with Gasteiger partial charge in [0.25, 0.3) is 0 Å². The summed E-state index contributed by atoms with van der Waals surface area (Å²) in [5, 5.41) is 1.15. The number of hydrogen-bond donors (Lipinski definition) is 0. The molecule has 0 radical (unpaired) electrons. The Bertz CT molecular complexity index is 1250. The lowest BCUT2D eigenvalue weighted by Gasteiger charge is -2.11. The standard InChI is InChI=1S/C26H26N/c1-17-6-8-21(9-7-17)23-11-10-22-12-13-25(27(5)26(22)16-23)24-15-18(2)14-19(3)20(24)4/h6-16H,1-5H3/q+1/i3D3. The molecule has 0 fully saturated rings. The van der Waals surface area contributed by atoms with Crippen molar-refractivity contribution in [3.05, 3.63) is 89.0 Å². The molecular weight excluding hydrogens is 326 g/mol. The van der Waals surface area contributed by atoms with Gasteiger partial charge in [-0.3, -0.25) is 0 Å². The van der Waals surface area contributed by atoms with Crippen LogP contribution in [0.1, 0.15) is 26.4 Å². The molecule has 0 aliphatic rings. The number of hydrogen-bond acceptors (Lipinski definition) is 0. The molecule has 0 aliphatic heterocycles. The maximum atomic E-state index is 7.92. The molecule has 0 unspecified atom stereocenters. The van der Waals surface area contributed by atoms with Crippen molar-refractivity contribution in [1.82, 2.24) is 0 Å². The molecule has 0 amide bonds. The molecule has 1 heteroatoms. The van der Waals surface area contributed by atoms with Gasteiger partial charge in [-0.2, -0.15) is 4.57 Å².